The number of aromatic nitrogens is 2. The molecule has 2 atom stereocenters. The van der Waals surface area contributed by atoms with Crippen molar-refractivity contribution in [2.45, 2.75) is 32.9 Å². The second-order valence-electron chi connectivity index (χ2n) is 5.08. The Balaban J connectivity index is 2.35. The molecule has 1 saturated heterocycles. The first-order valence-corrected chi connectivity index (χ1v) is 7.22. The highest BCUT2D eigenvalue weighted by Crippen LogP contribution is 2.22. The van der Waals surface area contributed by atoms with Gasteiger partial charge in [0.15, 0.2) is 5.82 Å². The van der Waals surface area contributed by atoms with Crippen LogP contribution >= 0.6 is 0 Å². The Morgan fingerprint density at radius 1 is 1.52 bits per heavy atom. The van der Waals surface area contributed by atoms with Crippen molar-refractivity contribution in [3.63, 3.8) is 0 Å². The number of ether oxygens (including phenoxy) is 1. The lowest BCUT2D eigenvalue weighted by atomic mass is 10.0. The number of likely N-dealkylation sites (N-methyl/N-ethyl adjacent to an activating group) is 1. The molecule has 0 amide bonds. The summed E-state index contributed by atoms with van der Waals surface area (Å²) in [4.78, 5) is 29.7. The fraction of sp³-hybridized carbons (Fsp3) is 0.643. The molecule has 21 heavy (non-hydrogen) atoms. The van der Waals surface area contributed by atoms with E-state index in [-0.39, 0.29) is 18.2 Å². The lowest BCUT2D eigenvalue weighted by molar-refractivity contribution is -0.141. The van der Waals surface area contributed by atoms with Crippen LogP contribution in [0.25, 0.3) is 0 Å². The lowest BCUT2D eigenvalue weighted by Gasteiger charge is -2.29. The number of carboxylic acid groups (broad SMARTS) is 1. The molecule has 0 bridgehead atoms. The van der Waals surface area contributed by atoms with Gasteiger partial charge >= 0.3 is 5.97 Å². The van der Waals surface area contributed by atoms with Crippen molar-refractivity contribution in [2.75, 3.05) is 24.7 Å². The molecule has 0 aromatic carbocycles. The predicted octanol–water partition coefficient (Wildman–Crippen LogP) is 0.579. The zero-order valence-electron chi connectivity index (χ0n) is 12.4. The Morgan fingerprint density at radius 2 is 2.29 bits per heavy atom. The first-order chi connectivity index (χ1) is 10.1. The molecular weight excluding hydrogens is 274 g/mol. The lowest BCUT2D eigenvalue weighted by Crippen LogP contribution is -2.46. The third-order valence-corrected chi connectivity index (χ3v) is 3.74. The summed E-state index contributed by atoms with van der Waals surface area (Å²) in [6.45, 7) is 5.48. The molecule has 1 aliphatic heterocycles. The largest absolute Gasteiger partial charge is 0.481 e. The van der Waals surface area contributed by atoms with E-state index in [1.165, 1.54) is 0 Å². The maximum absolute atomic E-state index is 12.5. The second-order valence-corrected chi connectivity index (χ2v) is 5.08. The van der Waals surface area contributed by atoms with Crippen LogP contribution in [0.2, 0.25) is 0 Å². The third kappa shape index (κ3) is 3.07. The quantitative estimate of drug-likeness (QED) is 0.826. The molecule has 1 aromatic heterocycles. The van der Waals surface area contributed by atoms with E-state index >= 15 is 0 Å². The van der Waals surface area contributed by atoms with E-state index in [1.807, 2.05) is 13.8 Å². The first kappa shape index (κ1) is 15.5. The average Bonchev–Trinajstić information content (AvgIpc) is 2.93. The first-order valence-electron chi connectivity index (χ1n) is 7.22. The summed E-state index contributed by atoms with van der Waals surface area (Å²) in [5.41, 5.74) is -0.183. The summed E-state index contributed by atoms with van der Waals surface area (Å²) in [5, 5.41) is 9.27. The summed E-state index contributed by atoms with van der Waals surface area (Å²) in [7, 11) is 0. The molecule has 7 nitrogen and oxygen atoms in total. The maximum atomic E-state index is 12.5. The molecule has 116 valence electrons. The Labute approximate surface area is 123 Å². The van der Waals surface area contributed by atoms with Gasteiger partial charge in [-0.25, -0.2) is 4.98 Å². The molecule has 2 heterocycles. The number of carboxylic acids is 1. The van der Waals surface area contributed by atoms with Crippen molar-refractivity contribution in [1.82, 2.24) is 9.55 Å². The van der Waals surface area contributed by atoms with Gasteiger partial charge in [0.1, 0.15) is 5.92 Å². The summed E-state index contributed by atoms with van der Waals surface area (Å²) in [6, 6.07) is -0.356. The molecule has 0 spiro atoms. The minimum Gasteiger partial charge on any atom is -0.481 e. The number of nitrogens with zero attached hydrogens (tertiary/aromatic N) is 3. The van der Waals surface area contributed by atoms with E-state index in [9.17, 15) is 14.7 Å². The van der Waals surface area contributed by atoms with Crippen LogP contribution in [-0.4, -0.2) is 46.4 Å². The molecule has 2 rings (SSSR count). The van der Waals surface area contributed by atoms with Gasteiger partial charge in [0.2, 0.25) is 0 Å². The van der Waals surface area contributed by atoms with Gasteiger partial charge in [0, 0.05) is 25.5 Å². The van der Waals surface area contributed by atoms with E-state index in [0.29, 0.717) is 25.5 Å². The van der Waals surface area contributed by atoms with Gasteiger partial charge in [0.25, 0.3) is 5.56 Å². The second kappa shape index (κ2) is 6.71. The molecule has 7 heteroatoms. The zero-order valence-corrected chi connectivity index (χ0v) is 12.4. The Bertz CT molecular complexity index is 557. The van der Waals surface area contributed by atoms with Crippen LogP contribution in [0.15, 0.2) is 17.2 Å². The molecular formula is C14H21N3O4. The van der Waals surface area contributed by atoms with Crippen LogP contribution in [0.5, 0.6) is 0 Å². The van der Waals surface area contributed by atoms with Gasteiger partial charge < -0.3 is 19.3 Å². The van der Waals surface area contributed by atoms with Crippen LogP contribution in [0.3, 0.4) is 0 Å². The molecule has 1 N–H and O–H groups in total. The van der Waals surface area contributed by atoms with E-state index in [2.05, 4.69) is 4.98 Å². The van der Waals surface area contributed by atoms with Gasteiger partial charge in [-0.3, -0.25) is 9.59 Å². The maximum Gasteiger partial charge on any atom is 0.311 e. The van der Waals surface area contributed by atoms with Crippen molar-refractivity contribution >= 4 is 11.8 Å². The Hall–Kier alpha value is -1.89. The minimum atomic E-state index is -0.902. The molecule has 1 aromatic rings. The minimum absolute atomic E-state index is 0.173. The van der Waals surface area contributed by atoms with Crippen molar-refractivity contribution in [2.24, 2.45) is 5.92 Å². The summed E-state index contributed by atoms with van der Waals surface area (Å²) in [5.74, 6) is -1.23. The number of rotatable bonds is 6. The van der Waals surface area contributed by atoms with Crippen LogP contribution in [0.4, 0.5) is 5.82 Å². The number of anilines is 1. The van der Waals surface area contributed by atoms with Crippen LogP contribution < -0.4 is 10.5 Å². The number of aliphatic carboxylic acids is 1. The van der Waals surface area contributed by atoms with Crippen molar-refractivity contribution in [3.8, 4) is 0 Å². The fourth-order valence-corrected chi connectivity index (χ4v) is 2.68. The molecule has 0 aliphatic carbocycles. The van der Waals surface area contributed by atoms with Crippen LogP contribution in [0, 0.1) is 5.92 Å². The van der Waals surface area contributed by atoms with Crippen molar-refractivity contribution in [3.05, 3.63) is 22.7 Å². The molecule has 0 saturated carbocycles. The number of carbonyl (C=O) groups is 1. The smallest absolute Gasteiger partial charge is 0.311 e. The molecule has 1 aliphatic rings. The topological polar surface area (TPSA) is 84.7 Å². The normalized spacial score (nSPS) is 21.4. The molecule has 0 radical (unpaired) electrons. The monoisotopic (exact) mass is 295 g/mol. The van der Waals surface area contributed by atoms with E-state index < -0.39 is 11.9 Å². The molecule has 1 fully saturated rings. The van der Waals surface area contributed by atoms with Crippen LogP contribution in [-0.2, 0) is 16.1 Å². The molecule has 2 unspecified atom stereocenters. The van der Waals surface area contributed by atoms with Gasteiger partial charge in [-0.15, -0.1) is 0 Å². The third-order valence-electron chi connectivity index (χ3n) is 3.74. The average molecular weight is 295 g/mol. The van der Waals surface area contributed by atoms with E-state index in [0.717, 1.165) is 6.42 Å². The van der Waals surface area contributed by atoms with E-state index in [4.69, 9.17) is 4.74 Å². The number of aryl methyl sites for hydroxylation is 1. The summed E-state index contributed by atoms with van der Waals surface area (Å²) >= 11 is 0. The van der Waals surface area contributed by atoms with Crippen LogP contribution in [0.1, 0.15) is 20.3 Å². The highest BCUT2D eigenvalue weighted by Gasteiger charge is 2.38. The number of hydrogen-bond donors (Lipinski definition) is 1. The SMILES string of the molecule is CCCn1ccnc(N(CC)C2COCC2C(=O)O)c1=O. The van der Waals surface area contributed by atoms with Gasteiger partial charge in [-0.2, -0.15) is 0 Å². The van der Waals surface area contributed by atoms with Crippen molar-refractivity contribution < 1.29 is 14.6 Å². The predicted molar refractivity (Wildman–Crippen MR) is 77.5 cm³/mol. The standard InChI is InChI=1S/C14H21N3O4/c1-3-6-16-7-5-15-12(13(16)18)17(4-2)11-9-21-8-10(11)14(19)20/h5,7,10-11H,3-4,6,8-9H2,1-2H3,(H,19,20). The van der Waals surface area contributed by atoms with Gasteiger partial charge in [0.05, 0.1) is 19.3 Å². The van der Waals surface area contributed by atoms with Crippen molar-refractivity contribution in [1.29, 1.82) is 0 Å². The van der Waals surface area contributed by atoms with E-state index in [1.54, 1.807) is 21.9 Å². The fourth-order valence-electron chi connectivity index (χ4n) is 2.68. The summed E-state index contributed by atoms with van der Waals surface area (Å²) < 4.78 is 6.90. The Kier molecular flexibility index (Phi) is 4.95. The zero-order chi connectivity index (χ0) is 15.4. The van der Waals surface area contributed by atoms with Gasteiger partial charge in [-0.1, -0.05) is 6.92 Å². The van der Waals surface area contributed by atoms with Gasteiger partial charge in [-0.05, 0) is 13.3 Å². The highest BCUT2D eigenvalue weighted by atomic mass is 16.5. The highest BCUT2D eigenvalue weighted by molar-refractivity contribution is 5.72. The Morgan fingerprint density at radius 3 is 2.90 bits per heavy atom. The number of hydrogen-bond acceptors (Lipinski definition) is 5. The summed E-state index contributed by atoms with van der Waals surface area (Å²) in [6.07, 6.45) is 4.09.